The highest BCUT2D eigenvalue weighted by Gasteiger charge is 2.29. The molecule has 1 aliphatic heterocycles. The molecule has 0 bridgehead atoms. The molecule has 3 aromatic carbocycles. The number of hydrogen-bond donors (Lipinski definition) is 4. The zero-order chi connectivity index (χ0) is 27.7. The van der Waals surface area contributed by atoms with E-state index in [-0.39, 0.29) is 41.8 Å². The number of hydrogen-bond acceptors (Lipinski definition) is 6. The van der Waals surface area contributed by atoms with Crippen LogP contribution in [-0.4, -0.2) is 45.5 Å². The Morgan fingerprint density at radius 2 is 1.90 bits per heavy atom. The summed E-state index contributed by atoms with van der Waals surface area (Å²) in [6.45, 7) is 0.461. The third kappa shape index (κ3) is 5.32. The average molecular weight is 548 g/mol. The first kappa shape index (κ1) is 26.3. The molecule has 0 saturated heterocycles. The lowest BCUT2D eigenvalue weighted by atomic mass is 9.94. The number of aliphatic hydroxyl groups excluding tert-OH is 1. The highest BCUT2D eigenvalue weighted by Crippen LogP contribution is 2.34. The number of carbonyl (C=O) groups is 3. The minimum atomic E-state index is -1.24. The molecule has 200 valence electrons. The predicted octanol–water partition coefficient (Wildman–Crippen LogP) is 3.78. The number of benzene rings is 3. The van der Waals surface area contributed by atoms with Crippen molar-refractivity contribution in [2.24, 2.45) is 0 Å². The number of anilines is 1. The van der Waals surface area contributed by atoms with E-state index in [4.69, 9.17) is 21.8 Å². The number of nitrogens with two attached hydrogens (primary N) is 1. The van der Waals surface area contributed by atoms with Crippen LogP contribution in [0.5, 0.6) is 0 Å². The minimum Gasteiger partial charge on any atom is -0.480 e. The van der Waals surface area contributed by atoms with Gasteiger partial charge in [-0.05, 0) is 52.9 Å². The van der Waals surface area contributed by atoms with Crippen LogP contribution in [0.25, 0.3) is 11.0 Å². The molecule has 1 atom stereocenters. The number of rotatable bonds is 7. The Balaban J connectivity index is 1.34. The lowest BCUT2D eigenvalue weighted by Gasteiger charge is -2.30. The van der Waals surface area contributed by atoms with Gasteiger partial charge in [0, 0.05) is 36.1 Å². The standard InChI is InChI=1S/C29H26ClN3O6/c30-26-21-6-8-33(28(36)19-5-4-18-7-9-39-24(18)13-19)14-20(21)12-22(31)25(26)27(35)32-23(29(37)38)11-16-2-1-3-17(10-16)15-34/h1-5,7,9-10,12-13,23,34H,6,8,11,14-15,31H2,(H,32,35)(H,37,38)/t23-/m0/s1. The number of fused-ring (bicyclic) bond motifs is 2. The number of nitrogens with one attached hydrogen (secondary N) is 1. The topological polar surface area (TPSA) is 146 Å². The Labute approximate surface area is 228 Å². The number of carbonyl (C=O) groups excluding carboxylic acids is 2. The Bertz CT molecular complexity index is 1600. The number of aliphatic hydroxyl groups is 1. The molecule has 2 heterocycles. The first-order valence-corrected chi connectivity index (χ1v) is 12.7. The number of nitrogens with zero attached hydrogens (tertiary/aromatic N) is 1. The van der Waals surface area contributed by atoms with Gasteiger partial charge in [-0.3, -0.25) is 9.59 Å². The molecule has 5 N–H and O–H groups in total. The summed E-state index contributed by atoms with van der Waals surface area (Å²) in [7, 11) is 0. The average Bonchev–Trinajstić information content (AvgIpc) is 3.40. The number of furan rings is 1. The second kappa shape index (κ2) is 10.8. The molecule has 0 radical (unpaired) electrons. The van der Waals surface area contributed by atoms with Crippen molar-refractivity contribution in [1.82, 2.24) is 10.2 Å². The van der Waals surface area contributed by atoms with Crippen molar-refractivity contribution in [2.45, 2.75) is 32.0 Å². The van der Waals surface area contributed by atoms with Crippen LogP contribution in [0.4, 0.5) is 5.69 Å². The molecule has 10 heteroatoms. The van der Waals surface area contributed by atoms with E-state index in [0.29, 0.717) is 40.8 Å². The predicted molar refractivity (Wildman–Crippen MR) is 145 cm³/mol. The van der Waals surface area contributed by atoms with Crippen LogP contribution in [0.3, 0.4) is 0 Å². The zero-order valence-corrected chi connectivity index (χ0v) is 21.6. The van der Waals surface area contributed by atoms with Crippen molar-refractivity contribution in [2.75, 3.05) is 12.3 Å². The van der Waals surface area contributed by atoms with Crippen LogP contribution in [0.1, 0.15) is 43.0 Å². The van der Waals surface area contributed by atoms with E-state index in [9.17, 15) is 24.6 Å². The normalized spacial score (nSPS) is 13.6. The molecular formula is C29H26ClN3O6. The van der Waals surface area contributed by atoms with Gasteiger partial charge in [0.2, 0.25) is 0 Å². The molecule has 1 aliphatic rings. The second-order valence-corrected chi connectivity index (χ2v) is 9.87. The third-order valence-electron chi connectivity index (χ3n) is 6.92. The smallest absolute Gasteiger partial charge is 0.326 e. The largest absolute Gasteiger partial charge is 0.480 e. The van der Waals surface area contributed by atoms with E-state index >= 15 is 0 Å². The molecule has 4 aromatic rings. The Morgan fingerprint density at radius 3 is 2.67 bits per heavy atom. The van der Waals surface area contributed by atoms with Gasteiger partial charge in [-0.2, -0.15) is 0 Å². The molecule has 0 spiro atoms. The van der Waals surface area contributed by atoms with Gasteiger partial charge in [0.05, 0.1) is 23.5 Å². The van der Waals surface area contributed by atoms with Crippen molar-refractivity contribution in [3.8, 4) is 0 Å². The summed E-state index contributed by atoms with van der Waals surface area (Å²) >= 11 is 6.65. The molecule has 39 heavy (non-hydrogen) atoms. The fraction of sp³-hybridized carbons (Fsp3) is 0.207. The third-order valence-corrected chi connectivity index (χ3v) is 7.34. The van der Waals surface area contributed by atoms with Crippen LogP contribution >= 0.6 is 11.6 Å². The number of amides is 2. The molecule has 0 unspecified atom stereocenters. The van der Waals surface area contributed by atoms with Crippen LogP contribution in [0.15, 0.2) is 65.3 Å². The van der Waals surface area contributed by atoms with Gasteiger partial charge in [-0.15, -0.1) is 0 Å². The summed E-state index contributed by atoms with van der Waals surface area (Å²) in [4.78, 5) is 40.0. The number of aliphatic carboxylic acids is 1. The summed E-state index contributed by atoms with van der Waals surface area (Å²) in [5, 5.41) is 22.7. The van der Waals surface area contributed by atoms with E-state index in [0.717, 1.165) is 10.9 Å². The summed E-state index contributed by atoms with van der Waals surface area (Å²) in [5.74, 6) is -2.08. The van der Waals surface area contributed by atoms with Gasteiger partial charge >= 0.3 is 5.97 Å². The van der Waals surface area contributed by atoms with Gasteiger partial charge in [0.25, 0.3) is 11.8 Å². The quantitative estimate of drug-likeness (QED) is 0.257. The van der Waals surface area contributed by atoms with Crippen molar-refractivity contribution in [3.05, 3.63) is 99.3 Å². The molecule has 0 aliphatic carbocycles. The maximum Gasteiger partial charge on any atom is 0.326 e. The first-order chi connectivity index (χ1) is 18.7. The lowest BCUT2D eigenvalue weighted by Crippen LogP contribution is -2.43. The van der Waals surface area contributed by atoms with E-state index < -0.39 is 17.9 Å². The lowest BCUT2D eigenvalue weighted by molar-refractivity contribution is -0.139. The highest BCUT2D eigenvalue weighted by molar-refractivity contribution is 6.35. The zero-order valence-electron chi connectivity index (χ0n) is 20.8. The van der Waals surface area contributed by atoms with Crippen LogP contribution < -0.4 is 11.1 Å². The molecule has 9 nitrogen and oxygen atoms in total. The van der Waals surface area contributed by atoms with E-state index in [1.165, 1.54) is 0 Å². The van der Waals surface area contributed by atoms with Gasteiger partial charge in [-0.25, -0.2) is 4.79 Å². The Morgan fingerprint density at radius 1 is 1.10 bits per heavy atom. The van der Waals surface area contributed by atoms with E-state index in [1.54, 1.807) is 53.6 Å². The summed E-state index contributed by atoms with van der Waals surface area (Å²) in [6, 6.07) is 14.3. The van der Waals surface area contributed by atoms with Gasteiger partial charge < -0.3 is 30.6 Å². The molecule has 1 aromatic heterocycles. The number of carboxylic acids is 1. The minimum absolute atomic E-state index is 0.00817. The maximum absolute atomic E-state index is 13.2. The van der Waals surface area contributed by atoms with Gasteiger partial charge in [-0.1, -0.05) is 41.9 Å². The SMILES string of the molecule is Nc1cc2c(c(Cl)c1C(=O)N[C@@H](Cc1cccc(CO)c1)C(=O)O)CCN(C(=O)c1ccc3ccoc3c1)C2. The van der Waals surface area contributed by atoms with Crippen molar-refractivity contribution in [1.29, 1.82) is 0 Å². The van der Waals surface area contributed by atoms with Crippen molar-refractivity contribution in [3.63, 3.8) is 0 Å². The summed E-state index contributed by atoms with van der Waals surface area (Å²) in [5.41, 5.74) is 10.2. The Hall–Kier alpha value is -4.34. The Kier molecular flexibility index (Phi) is 7.28. The van der Waals surface area contributed by atoms with Gasteiger partial charge in [0.1, 0.15) is 11.6 Å². The van der Waals surface area contributed by atoms with Crippen molar-refractivity contribution >= 4 is 46.0 Å². The second-order valence-electron chi connectivity index (χ2n) is 9.49. The number of nitrogen functional groups attached to an aromatic ring is 1. The first-order valence-electron chi connectivity index (χ1n) is 12.3. The maximum atomic E-state index is 13.2. The van der Waals surface area contributed by atoms with Gasteiger partial charge in [0.15, 0.2) is 0 Å². The number of carboxylic acid groups (broad SMARTS) is 1. The molecule has 2 amide bonds. The summed E-state index contributed by atoms with van der Waals surface area (Å²) in [6.07, 6.45) is 1.99. The summed E-state index contributed by atoms with van der Waals surface area (Å²) < 4.78 is 5.42. The fourth-order valence-electron chi connectivity index (χ4n) is 4.90. The molecule has 0 saturated carbocycles. The molecule has 0 fully saturated rings. The highest BCUT2D eigenvalue weighted by atomic mass is 35.5. The molecular weight excluding hydrogens is 522 g/mol. The van der Waals surface area contributed by atoms with Crippen LogP contribution in [0.2, 0.25) is 5.02 Å². The molecule has 5 rings (SSSR count). The van der Waals surface area contributed by atoms with Crippen LogP contribution in [0, 0.1) is 0 Å². The van der Waals surface area contributed by atoms with E-state index in [1.807, 2.05) is 12.1 Å². The fourth-order valence-corrected chi connectivity index (χ4v) is 5.31. The monoisotopic (exact) mass is 547 g/mol. The number of halogens is 1. The van der Waals surface area contributed by atoms with Crippen molar-refractivity contribution < 1.29 is 29.0 Å². The van der Waals surface area contributed by atoms with Crippen LogP contribution in [-0.2, 0) is 30.8 Å². The van der Waals surface area contributed by atoms with E-state index in [2.05, 4.69) is 5.32 Å².